The molecule has 452 valence electrons. The van der Waals surface area contributed by atoms with Gasteiger partial charge in [-0.25, -0.2) is 0 Å². The summed E-state index contributed by atoms with van der Waals surface area (Å²) in [5.41, 5.74) is 11.4. The number of aliphatic imine (C=N–C) groups is 1. The molecule has 1 heterocycles. The molecule has 0 radical (unpaired) electrons. The van der Waals surface area contributed by atoms with Gasteiger partial charge in [-0.15, -0.1) is 0 Å². The van der Waals surface area contributed by atoms with E-state index in [1.54, 1.807) is 37.3 Å². The number of unbranched alkanes of at least 4 members (excludes halogenated alkanes) is 1. The Kier molecular flexibility index (Phi) is 31.2. The van der Waals surface area contributed by atoms with Crippen LogP contribution in [0, 0.1) is 10.1 Å². The fraction of sp³-hybridized carbons (Fsp3) is 0.608. The maximum Gasteiger partial charge on any atom is 0.492 e. The van der Waals surface area contributed by atoms with Crippen molar-refractivity contribution in [3.8, 4) is 11.5 Å². The standard InChI is InChI=1S/C51H80N10O19Si/c1-33(36-29-42(74-3)43(75-4)31-41(36)61(69)70)34(2)80-46(64)30-40-47(65)56-32-45(63)57-37(15-10-18-55-51(52)53)48(66)58-38(49(67)59-39(50(68)60-40)28-35-12-6-5-7-13-35)14-8-9-17-54-44(62)16-20-77-22-24-79-26-25-78-23-21-76-19-11-27-81(71,72)73/h5-7,12-13,29,31,33-34,37-40,71-73H,8-11,14-28,30,32H2,1-4H3,(H,54,62)(H,56,65)(H,57,63)(H,58,66)(H,59,67)(H,60,68)(H4,52,53,55). The van der Waals surface area contributed by atoms with Crippen molar-refractivity contribution in [2.75, 3.05) is 86.7 Å². The zero-order valence-corrected chi connectivity index (χ0v) is 47.3. The van der Waals surface area contributed by atoms with Gasteiger partial charge in [0.05, 0.1) is 84.4 Å². The Morgan fingerprint density at radius 2 is 1.30 bits per heavy atom. The summed E-state index contributed by atoms with van der Waals surface area (Å²) in [6.45, 7) is 4.72. The Morgan fingerprint density at radius 3 is 1.90 bits per heavy atom. The van der Waals surface area contributed by atoms with Gasteiger partial charge in [0.2, 0.25) is 35.4 Å². The molecule has 1 saturated heterocycles. The van der Waals surface area contributed by atoms with Gasteiger partial charge in [-0.1, -0.05) is 37.3 Å². The number of nitrogens with zero attached hydrogens (tertiary/aromatic N) is 2. The summed E-state index contributed by atoms with van der Waals surface area (Å²) >= 11 is 0. The van der Waals surface area contributed by atoms with Crippen LogP contribution in [-0.2, 0) is 63.7 Å². The molecular weight excluding hydrogens is 1080 g/mol. The highest BCUT2D eigenvalue weighted by molar-refractivity contribution is 6.56. The normalized spacial score (nSPS) is 18.0. The minimum absolute atomic E-state index is 0.00521. The van der Waals surface area contributed by atoms with Crippen molar-refractivity contribution in [2.45, 2.75) is 114 Å². The quantitative estimate of drug-likeness (QED) is 0.00708. The second-order valence-corrected chi connectivity index (χ2v) is 20.8. The second kappa shape index (κ2) is 37.0. The highest BCUT2D eigenvalue weighted by atomic mass is 28.4. The van der Waals surface area contributed by atoms with Crippen LogP contribution in [-0.4, -0.2) is 192 Å². The van der Waals surface area contributed by atoms with Gasteiger partial charge < -0.3 is 90.9 Å². The molecule has 3 rings (SSSR count). The molecule has 0 aromatic heterocycles. The topological polar surface area (TPSA) is 425 Å². The Hall–Kier alpha value is -7.06. The molecule has 0 bridgehead atoms. The first-order chi connectivity index (χ1) is 38.6. The van der Waals surface area contributed by atoms with Gasteiger partial charge in [0.25, 0.3) is 5.69 Å². The fourth-order valence-corrected chi connectivity index (χ4v) is 8.59. The summed E-state index contributed by atoms with van der Waals surface area (Å²) in [7, 11) is -1.38. The number of ether oxygens (including phenoxy) is 7. The number of esters is 1. The number of benzene rings is 2. The molecule has 6 amide bonds. The molecule has 2 aromatic rings. The molecule has 6 atom stereocenters. The van der Waals surface area contributed by atoms with Gasteiger partial charge in [0.1, 0.15) is 30.3 Å². The summed E-state index contributed by atoms with van der Waals surface area (Å²) < 4.78 is 37.9. The Bertz CT molecular complexity index is 2360. The van der Waals surface area contributed by atoms with Gasteiger partial charge in [-0.05, 0) is 57.1 Å². The Labute approximate surface area is 470 Å². The van der Waals surface area contributed by atoms with Crippen LogP contribution in [0.1, 0.15) is 82.3 Å². The number of methoxy groups -OCH3 is 2. The summed E-state index contributed by atoms with van der Waals surface area (Å²) in [6, 6.07) is 5.38. The number of carbonyl (C=O) groups is 7. The first-order valence-electron chi connectivity index (χ1n) is 26.5. The number of nitrogens with one attached hydrogen (secondary N) is 6. The maximum absolute atomic E-state index is 14.4. The van der Waals surface area contributed by atoms with Gasteiger partial charge in [0, 0.05) is 50.1 Å². The molecule has 29 nitrogen and oxygen atoms in total. The van der Waals surface area contributed by atoms with Crippen LogP contribution in [0.2, 0.25) is 6.04 Å². The number of nitro benzene ring substituents is 1. The van der Waals surface area contributed by atoms with Crippen LogP contribution in [0.5, 0.6) is 11.5 Å². The van der Waals surface area contributed by atoms with Crippen molar-refractivity contribution in [2.24, 2.45) is 16.5 Å². The van der Waals surface area contributed by atoms with E-state index in [-0.39, 0.29) is 119 Å². The van der Waals surface area contributed by atoms with E-state index < -0.39 is 98.4 Å². The number of hydrogen-bond acceptors (Lipinski definition) is 20. The minimum atomic E-state index is -4.05. The number of hydrogen-bond donors (Lipinski definition) is 11. The maximum atomic E-state index is 14.4. The van der Waals surface area contributed by atoms with Crippen LogP contribution < -0.4 is 52.8 Å². The highest BCUT2D eigenvalue weighted by Crippen LogP contribution is 2.39. The molecule has 81 heavy (non-hydrogen) atoms. The lowest BCUT2D eigenvalue weighted by molar-refractivity contribution is -0.385. The first kappa shape index (κ1) is 68.2. The van der Waals surface area contributed by atoms with Crippen molar-refractivity contribution in [3.05, 3.63) is 63.7 Å². The number of nitrogens with two attached hydrogens (primary N) is 2. The highest BCUT2D eigenvalue weighted by Gasteiger charge is 2.35. The monoisotopic (exact) mass is 1160 g/mol. The van der Waals surface area contributed by atoms with Crippen LogP contribution in [0.25, 0.3) is 0 Å². The SMILES string of the molecule is COc1cc(C(C)C(C)OC(=O)CC2NC(=O)C(Cc3ccccc3)NC(=O)C(CCCCNC(=O)CCOCCOCCOCCOCCC[Si](O)(O)O)NC(=O)C(CCCN=C(N)N)NC(=O)CNC2=O)c([N+](=O)[O-])cc1OC. The zero-order chi connectivity index (χ0) is 59.7. The summed E-state index contributed by atoms with van der Waals surface area (Å²) in [5, 5.41) is 27.8. The summed E-state index contributed by atoms with van der Waals surface area (Å²) in [4.78, 5) is 139. The predicted molar refractivity (Wildman–Crippen MR) is 292 cm³/mol. The van der Waals surface area contributed by atoms with Gasteiger partial charge in [0.15, 0.2) is 17.5 Å². The fourth-order valence-electron chi connectivity index (χ4n) is 7.97. The van der Waals surface area contributed by atoms with Crippen molar-refractivity contribution < 1.29 is 86.0 Å². The number of rotatable bonds is 35. The van der Waals surface area contributed by atoms with E-state index in [9.17, 15) is 43.7 Å². The van der Waals surface area contributed by atoms with Crippen LogP contribution in [0.4, 0.5) is 5.69 Å². The van der Waals surface area contributed by atoms with Crippen LogP contribution in [0.3, 0.4) is 0 Å². The van der Waals surface area contributed by atoms with Crippen LogP contribution in [0.15, 0.2) is 47.5 Å². The third kappa shape index (κ3) is 27.3. The van der Waals surface area contributed by atoms with E-state index in [1.165, 1.54) is 33.3 Å². The van der Waals surface area contributed by atoms with E-state index in [0.29, 0.717) is 44.8 Å². The Morgan fingerprint density at radius 1 is 0.741 bits per heavy atom. The lowest BCUT2D eigenvalue weighted by atomic mass is 9.94. The average molecular weight is 1170 g/mol. The summed E-state index contributed by atoms with van der Waals surface area (Å²) in [6.07, 6.45) is -0.765. The van der Waals surface area contributed by atoms with E-state index >= 15 is 0 Å². The molecule has 1 aliphatic heterocycles. The lowest BCUT2D eigenvalue weighted by Crippen LogP contribution is -2.58. The third-order valence-electron chi connectivity index (χ3n) is 12.4. The molecule has 30 heteroatoms. The number of nitro groups is 1. The molecule has 0 aliphatic carbocycles. The number of carbonyl (C=O) groups excluding carboxylic acids is 7. The molecule has 1 fully saturated rings. The molecule has 2 aromatic carbocycles. The Balaban J connectivity index is 1.70. The number of amides is 6. The van der Waals surface area contributed by atoms with E-state index in [1.807, 2.05) is 0 Å². The lowest BCUT2D eigenvalue weighted by Gasteiger charge is -2.26. The molecular formula is C51H80N10O19Si. The smallest absolute Gasteiger partial charge is 0.492 e. The van der Waals surface area contributed by atoms with Gasteiger partial charge in [-0.3, -0.25) is 48.7 Å². The predicted octanol–water partition coefficient (Wildman–Crippen LogP) is -1.55. The van der Waals surface area contributed by atoms with Crippen molar-refractivity contribution in [1.82, 2.24) is 31.9 Å². The summed E-state index contributed by atoms with van der Waals surface area (Å²) in [5.74, 6) is -6.36. The largest absolute Gasteiger partial charge is 0.493 e. The van der Waals surface area contributed by atoms with E-state index in [4.69, 9.17) is 59.0 Å². The first-order valence-corrected chi connectivity index (χ1v) is 28.6. The third-order valence-corrected chi connectivity index (χ3v) is 13.5. The van der Waals surface area contributed by atoms with Gasteiger partial charge >= 0.3 is 14.8 Å². The van der Waals surface area contributed by atoms with Gasteiger partial charge in [-0.2, -0.15) is 0 Å². The average Bonchev–Trinajstić information content (AvgIpc) is 3.45. The molecule has 1 aliphatic rings. The molecule has 0 saturated carbocycles. The van der Waals surface area contributed by atoms with Crippen molar-refractivity contribution >= 4 is 61.9 Å². The minimum Gasteiger partial charge on any atom is -0.493 e. The molecule has 0 spiro atoms. The van der Waals surface area contributed by atoms with Crippen molar-refractivity contribution in [1.29, 1.82) is 0 Å². The molecule has 6 unspecified atom stereocenters. The second-order valence-electron chi connectivity index (χ2n) is 18.8. The van der Waals surface area contributed by atoms with E-state index in [0.717, 1.165) is 0 Å². The zero-order valence-electron chi connectivity index (χ0n) is 46.3. The number of guanidine groups is 1. The van der Waals surface area contributed by atoms with Crippen LogP contribution >= 0.6 is 0 Å². The van der Waals surface area contributed by atoms with E-state index in [2.05, 4.69) is 36.9 Å². The van der Waals surface area contributed by atoms with Crippen molar-refractivity contribution in [3.63, 3.8) is 0 Å². The molecule has 13 N–H and O–H groups in total.